The van der Waals surface area contributed by atoms with Gasteiger partial charge in [0.05, 0.1) is 16.6 Å². The smallest absolute Gasteiger partial charge is 0.169 e. The quantitative estimate of drug-likeness (QED) is 0.167. The Balaban J connectivity index is 1.31. The highest BCUT2D eigenvalue weighted by Gasteiger charge is 2.56. The number of Topliss-reactive ketones (excluding diaryl/α,β-unsaturated/α-hetero) is 2. The zero-order valence-corrected chi connectivity index (χ0v) is 39.2. The molecule has 5 aliphatic rings. The van der Waals surface area contributed by atoms with Gasteiger partial charge in [0.15, 0.2) is 11.6 Å². The molecule has 0 spiro atoms. The first-order chi connectivity index (χ1) is 30.8. The van der Waals surface area contributed by atoms with Crippen LogP contribution < -0.4 is 0 Å². The van der Waals surface area contributed by atoms with Crippen LogP contribution in [0.3, 0.4) is 0 Å². The summed E-state index contributed by atoms with van der Waals surface area (Å²) >= 11 is 0. The van der Waals surface area contributed by atoms with Crippen molar-refractivity contribution >= 4 is 60.4 Å². The number of rotatable bonds is 6. The molecule has 5 aliphatic carbocycles. The molecule has 3 atom stereocenters. The molecule has 2 aromatic heterocycles. The maximum absolute atomic E-state index is 15.6. The van der Waals surface area contributed by atoms with E-state index in [4.69, 9.17) is 0 Å². The van der Waals surface area contributed by atoms with Gasteiger partial charge >= 0.3 is 0 Å². The van der Waals surface area contributed by atoms with Crippen LogP contribution in [0.15, 0.2) is 103 Å². The Hall–Kier alpha value is -5.28. The highest BCUT2D eigenvalue weighted by molar-refractivity contribution is 6.35. The SMILES string of the molecule is CC(C)C1c2cc3c4cc5c(-c6ccccc6)ccc(-c6ccccc6)c5c5c6cc7c(cc6n(c3cc2C(=O)C2(C(C)C)CCCC1C2)c45)C(=O)C1(C(C)C)CCC7(C(C)C)CC1. The Morgan fingerprint density at radius 3 is 1.73 bits per heavy atom. The summed E-state index contributed by atoms with van der Waals surface area (Å²) in [6.45, 7) is 18.7. The lowest BCUT2D eigenvalue weighted by Gasteiger charge is -2.46. The molecule has 2 heterocycles. The third kappa shape index (κ3) is 5.11. The molecule has 3 heteroatoms. The molecule has 0 saturated heterocycles. The highest BCUT2D eigenvalue weighted by Crippen LogP contribution is 2.61. The van der Waals surface area contributed by atoms with Crippen LogP contribution in [0.4, 0.5) is 0 Å². The zero-order chi connectivity index (χ0) is 44.2. The van der Waals surface area contributed by atoms with Crippen molar-refractivity contribution in [2.45, 2.75) is 118 Å². The first kappa shape index (κ1) is 40.2. The third-order valence-electron chi connectivity index (χ3n) is 18.7. The topological polar surface area (TPSA) is 38.5 Å². The maximum Gasteiger partial charge on any atom is 0.169 e. The van der Waals surface area contributed by atoms with E-state index in [1.807, 2.05) is 0 Å². The van der Waals surface area contributed by atoms with Crippen LogP contribution in [-0.4, -0.2) is 16.0 Å². The Morgan fingerprint density at radius 1 is 0.516 bits per heavy atom. The predicted octanol–water partition coefficient (Wildman–Crippen LogP) is 16.4. The van der Waals surface area contributed by atoms with E-state index < -0.39 is 0 Å². The van der Waals surface area contributed by atoms with E-state index in [9.17, 15) is 0 Å². The van der Waals surface area contributed by atoms with E-state index in [0.717, 1.165) is 67.1 Å². The van der Waals surface area contributed by atoms with Crippen LogP contribution in [0.1, 0.15) is 145 Å². The Bertz CT molecular complexity index is 3230. The number of benzene rings is 6. The van der Waals surface area contributed by atoms with E-state index in [1.54, 1.807) is 0 Å². The summed E-state index contributed by atoms with van der Waals surface area (Å²) in [5.74, 6) is 2.82. The zero-order valence-electron chi connectivity index (χ0n) is 39.2. The second-order valence-corrected chi connectivity index (χ2v) is 22.4. The number of nitrogens with zero attached hydrogens (tertiary/aromatic N) is 1. The number of aromatic nitrogens is 1. The standard InChI is InChI=1S/C61H63NO2/c1-34(2)53-40-20-15-23-61(33-40,37(7)8)57(63)47-31-51-43(28-45(47)53)46-29-44-41(38-16-11-9-12-17-38)21-22-42(39-18-13-10-14-19-39)54(44)55-49-30-50-48(32-52(49)62(51)56(46)55)58(64)60(36(5)6)26-24-59(50,25-27-60)35(3)4/h9-14,16-19,21-22,28-32,34-37,40,53H,15,20,23-27,33H2,1-8H3. The van der Waals surface area contributed by atoms with E-state index in [2.05, 4.69) is 163 Å². The number of hydrogen-bond acceptors (Lipinski definition) is 2. The van der Waals surface area contributed by atoms with Crippen LogP contribution in [0.25, 0.3) is 71.1 Å². The van der Waals surface area contributed by atoms with E-state index in [0.29, 0.717) is 35.2 Å². The largest absolute Gasteiger partial charge is 0.308 e. The van der Waals surface area contributed by atoms with Crippen molar-refractivity contribution in [1.82, 2.24) is 4.40 Å². The van der Waals surface area contributed by atoms with Gasteiger partial charge in [-0.2, -0.15) is 0 Å². The van der Waals surface area contributed by atoms with Crippen molar-refractivity contribution in [3.8, 4) is 22.3 Å². The Kier molecular flexibility index (Phi) is 8.72. The van der Waals surface area contributed by atoms with Crippen molar-refractivity contribution in [2.24, 2.45) is 40.4 Å². The minimum Gasteiger partial charge on any atom is -0.308 e. The lowest BCUT2D eigenvalue weighted by Crippen LogP contribution is -2.42. The lowest BCUT2D eigenvalue weighted by molar-refractivity contribution is 0.0465. The molecule has 6 aromatic carbocycles. The molecular weight excluding hydrogens is 779 g/mol. The molecule has 2 fully saturated rings. The van der Waals surface area contributed by atoms with Gasteiger partial charge in [0.2, 0.25) is 0 Å². The van der Waals surface area contributed by atoms with Gasteiger partial charge in [-0.1, -0.05) is 135 Å². The van der Waals surface area contributed by atoms with Crippen molar-refractivity contribution < 1.29 is 9.59 Å². The lowest BCUT2D eigenvalue weighted by atomic mass is 9.57. The Labute approximate surface area is 379 Å². The number of fused-ring (bicyclic) bond motifs is 13. The fourth-order valence-electron chi connectivity index (χ4n) is 15.1. The number of carbonyl (C=O) groups excluding carboxylic acids is 2. The summed E-state index contributed by atoms with van der Waals surface area (Å²) in [7, 11) is 0. The normalized spacial score (nSPS) is 25.8. The molecule has 8 aromatic rings. The second-order valence-electron chi connectivity index (χ2n) is 22.4. The molecular formula is C61H63NO2. The minimum atomic E-state index is -0.353. The summed E-state index contributed by atoms with van der Waals surface area (Å²) < 4.78 is 2.51. The molecule has 2 saturated carbocycles. The fraction of sp³-hybridized carbons (Fsp3) is 0.410. The summed E-state index contributed by atoms with van der Waals surface area (Å²) in [6.07, 6.45) is 8.22. The Morgan fingerprint density at radius 2 is 1.09 bits per heavy atom. The first-order valence-electron chi connectivity index (χ1n) is 24.8. The van der Waals surface area contributed by atoms with Crippen LogP contribution in [0.2, 0.25) is 0 Å². The molecule has 0 aliphatic heterocycles. The van der Waals surface area contributed by atoms with Gasteiger partial charge in [0, 0.05) is 48.9 Å². The number of hydrogen-bond donors (Lipinski definition) is 0. The van der Waals surface area contributed by atoms with Crippen molar-refractivity contribution in [1.29, 1.82) is 0 Å². The summed E-state index contributed by atoms with van der Waals surface area (Å²) in [6, 6.07) is 38.7. The summed E-state index contributed by atoms with van der Waals surface area (Å²) in [5, 5.41) is 7.45. The van der Waals surface area contributed by atoms with Gasteiger partial charge in [-0.05, 0) is 155 Å². The molecule has 13 rings (SSSR count). The molecule has 64 heavy (non-hydrogen) atoms. The summed E-state index contributed by atoms with van der Waals surface area (Å²) in [4.78, 5) is 31.1. The maximum atomic E-state index is 15.6. The van der Waals surface area contributed by atoms with E-state index in [1.165, 1.54) is 77.6 Å². The van der Waals surface area contributed by atoms with Crippen LogP contribution in [0, 0.1) is 40.4 Å². The van der Waals surface area contributed by atoms with Crippen LogP contribution >= 0.6 is 0 Å². The molecule has 0 N–H and O–H groups in total. The van der Waals surface area contributed by atoms with Gasteiger partial charge in [0.25, 0.3) is 0 Å². The molecule has 324 valence electrons. The number of carbonyl (C=O) groups is 2. The van der Waals surface area contributed by atoms with E-state index in [-0.39, 0.29) is 28.1 Å². The molecule has 3 unspecified atom stereocenters. The van der Waals surface area contributed by atoms with Crippen molar-refractivity contribution in [3.63, 3.8) is 0 Å². The van der Waals surface area contributed by atoms with Crippen LogP contribution in [0.5, 0.6) is 0 Å². The average molecular weight is 842 g/mol. The minimum absolute atomic E-state index is 0.0754. The van der Waals surface area contributed by atoms with E-state index >= 15 is 9.59 Å². The molecule has 0 amide bonds. The van der Waals surface area contributed by atoms with Crippen molar-refractivity contribution in [3.05, 3.63) is 125 Å². The van der Waals surface area contributed by atoms with Crippen LogP contribution in [-0.2, 0) is 5.41 Å². The fourth-order valence-corrected chi connectivity index (χ4v) is 15.1. The van der Waals surface area contributed by atoms with Gasteiger partial charge in [-0.15, -0.1) is 0 Å². The first-order valence-corrected chi connectivity index (χ1v) is 24.8. The van der Waals surface area contributed by atoms with Crippen molar-refractivity contribution in [2.75, 3.05) is 0 Å². The molecule has 0 radical (unpaired) electrons. The van der Waals surface area contributed by atoms with Gasteiger partial charge in [-0.3, -0.25) is 9.59 Å². The van der Waals surface area contributed by atoms with Gasteiger partial charge in [-0.25, -0.2) is 0 Å². The van der Waals surface area contributed by atoms with Gasteiger partial charge < -0.3 is 4.40 Å². The number of ketones is 2. The monoisotopic (exact) mass is 841 g/mol. The predicted molar refractivity (Wildman–Crippen MR) is 267 cm³/mol. The molecule has 4 bridgehead atoms. The highest BCUT2D eigenvalue weighted by atomic mass is 16.1. The average Bonchev–Trinajstić information content (AvgIpc) is 3.71. The summed E-state index contributed by atoms with van der Waals surface area (Å²) in [5.41, 5.74) is 11.9. The third-order valence-corrected chi connectivity index (χ3v) is 18.7. The molecule has 3 nitrogen and oxygen atoms in total. The van der Waals surface area contributed by atoms with Gasteiger partial charge in [0.1, 0.15) is 0 Å². The second kappa shape index (κ2) is 13.9.